The Morgan fingerprint density at radius 1 is 1.70 bits per heavy atom. The lowest BCUT2D eigenvalue weighted by Gasteiger charge is -1.88. The Hall–Kier alpha value is -1.09. The molecular weight excluding hydrogens is 148 g/mol. The van der Waals surface area contributed by atoms with E-state index in [-0.39, 0.29) is 5.78 Å². The zero-order chi connectivity index (χ0) is 7.40. The summed E-state index contributed by atoms with van der Waals surface area (Å²) in [6, 6.07) is 3.46. The van der Waals surface area contributed by atoms with Gasteiger partial charge in [0.2, 0.25) is 0 Å². The molecule has 0 fully saturated rings. The third kappa shape index (κ3) is 1.45. The van der Waals surface area contributed by atoms with E-state index in [4.69, 9.17) is 0 Å². The number of carbonyl (C=O) groups excluding carboxylic acids is 1. The summed E-state index contributed by atoms with van der Waals surface area (Å²) in [5, 5.41) is 11.6. The molecule has 3 heteroatoms. The van der Waals surface area contributed by atoms with Crippen molar-refractivity contribution < 1.29 is 9.90 Å². The average molecular weight is 153 g/mol. The van der Waals surface area contributed by atoms with Crippen molar-refractivity contribution in [2.24, 2.45) is 0 Å². The number of rotatable bonds is 2. The van der Waals surface area contributed by atoms with Crippen molar-refractivity contribution in [3.63, 3.8) is 0 Å². The molecule has 0 spiro atoms. The molecule has 0 unspecified atom stereocenters. The van der Waals surface area contributed by atoms with Gasteiger partial charge in [0.05, 0.1) is 4.88 Å². The Labute approximate surface area is 62.4 Å². The van der Waals surface area contributed by atoms with Gasteiger partial charge in [0.25, 0.3) is 0 Å². The summed E-state index contributed by atoms with van der Waals surface area (Å²) in [6.45, 7) is 0. The van der Waals surface area contributed by atoms with Crippen LogP contribution in [0, 0.1) is 0 Å². The Morgan fingerprint density at radius 2 is 2.50 bits per heavy atom. The van der Waals surface area contributed by atoms with Gasteiger partial charge in [0.15, 0.2) is 5.78 Å². The quantitative estimate of drug-likeness (QED) is 0.358. The van der Waals surface area contributed by atoms with Crippen LogP contribution in [0.15, 0.2) is 29.9 Å². The minimum absolute atomic E-state index is 0.218. The van der Waals surface area contributed by atoms with Crippen LogP contribution < -0.4 is 5.11 Å². The molecule has 0 saturated heterocycles. The summed E-state index contributed by atoms with van der Waals surface area (Å²) in [4.78, 5) is 11.4. The Kier molecular flexibility index (Phi) is 2.23. The Morgan fingerprint density at radius 3 is 3.00 bits per heavy atom. The van der Waals surface area contributed by atoms with Crippen LogP contribution in [0.25, 0.3) is 0 Å². The first kappa shape index (κ1) is 7.02. The maximum absolute atomic E-state index is 10.8. The van der Waals surface area contributed by atoms with Gasteiger partial charge in [-0.1, -0.05) is 6.07 Å². The normalized spacial score (nSPS) is 10.4. The lowest BCUT2D eigenvalue weighted by molar-refractivity contribution is -0.274. The molecular formula is C7H5O2S-. The Bertz CT molecular complexity index is 236. The predicted molar refractivity (Wildman–Crippen MR) is 37.8 cm³/mol. The minimum Gasteiger partial charge on any atom is -0.878 e. The maximum atomic E-state index is 10.8. The second-order valence-corrected chi connectivity index (χ2v) is 2.59. The number of thiophene rings is 1. The lowest BCUT2D eigenvalue weighted by Crippen LogP contribution is -1.93. The molecule has 0 aliphatic heterocycles. The number of hydrogen-bond acceptors (Lipinski definition) is 3. The molecule has 0 amide bonds. The van der Waals surface area contributed by atoms with Crippen molar-refractivity contribution in [3.8, 4) is 0 Å². The van der Waals surface area contributed by atoms with E-state index in [1.807, 2.05) is 0 Å². The van der Waals surface area contributed by atoms with E-state index >= 15 is 0 Å². The van der Waals surface area contributed by atoms with E-state index in [1.165, 1.54) is 11.3 Å². The van der Waals surface area contributed by atoms with Gasteiger partial charge in [-0.15, -0.1) is 17.6 Å². The second kappa shape index (κ2) is 3.17. The predicted octanol–water partition coefficient (Wildman–Crippen LogP) is 0.805. The average Bonchev–Trinajstić information content (AvgIpc) is 2.38. The van der Waals surface area contributed by atoms with Crippen molar-refractivity contribution >= 4 is 17.1 Å². The smallest absolute Gasteiger partial charge is 0.194 e. The highest BCUT2D eigenvalue weighted by Crippen LogP contribution is 2.08. The summed E-state index contributed by atoms with van der Waals surface area (Å²) in [5.41, 5.74) is 0. The fraction of sp³-hybridized carbons (Fsp3) is 0. The highest BCUT2D eigenvalue weighted by Gasteiger charge is 1.98. The molecule has 1 heterocycles. The molecule has 1 aromatic rings. The van der Waals surface area contributed by atoms with Crippen LogP contribution in [-0.2, 0) is 0 Å². The van der Waals surface area contributed by atoms with Crippen molar-refractivity contribution in [3.05, 3.63) is 34.7 Å². The number of ketones is 1. The third-order valence-corrected chi connectivity index (χ3v) is 1.87. The monoisotopic (exact) mass is 153 g/mol. The molecule has 2 nitrogen and oxygen atoms in total. The third-order valence-electron chi connectivity index (χ3n) is 0.983. The SMILES string of the molecule is O=C(C=C[O-])c1cccs1. The van der Waals surface area contributed by atoms with Crippen molar-refractivity contribution in [1.82, 2.24) is 0 Å². The highest BCUT2D eigenvalue weighted by atomic mass is 32.1. The first-order valence-corrected chi connectivity index (χ1v) is 3.59. The molecule has 0 atom stereocenters. The van der Waals surface area contributed by atoms with Gasteiger partial charge in [-0.05, 0) is 17.5 Å². The van der Waals surface area contributed by atoms with Gasteiger partial charge in [-0.2, -0.15) is 0 Å². The van der Waals surface area contributed by atoms with Crippen LogP contribution >= 0.6 is 11.3 Å². The van der Waals surface area contributed by atoms with Crippen molar-refractivity contribution in [2.45, 2.75) is 0 Å². The first-order chi connectivity index (χ1) is 4.84. The fourth-order valence-corrected chi connectivity index (χ4v) is 1.21. The number of carbonyl (C=O) groups is 1. The van der Waals surface area contributed by atoms with Crippen LogP contribution in [0.4, 0.5) is 0 Å². The molecule has 0 aliphatic carbocycles. The van der Waals surface area contributed by atoms with Crippen molar-refractivity contribution in [1.29, 1.82) is 0 Å². The van der Waals surface area contributed by atoms with E-state index in [0.717, 1.165) is 6.08 Å². The number of hydrogen-bond donors (Lipinski definition) is 0. The standard InChI is InChI=1S/C7H6O2S/c8-4-3-6(9)7-2-1-5-10-7/h1-5,8H/p-1. The molecule has 0 N–H and O–H groups in total. The molecule has 1 aromatic heterocycles. The van der Waals surface area contributed by atoms with Gasteiger partial charge in [-0.25, -0.2) is 0 Å². The summed E-state index contributed by atoms with van der Waals surface area (Å²) >= 11 is 1.33. The first-order valence-electron chi connectivity index (χ1n) is 2.71. The van der Waals surface area contributed by atoms with Gasteiger partial charge in [-0.3, -0.25) is 4.79 Å². The van der Waals surface area contributed by atoms with Gasteiger partial charge in [0.1, 0.15) is 0 Å². The van der Waals surface area contributed by atoms with Crippen LogP contribution in [0.3, 0.4) is 0 Å². The van der Waals surface area contributed by atoms with E-state index < -0.39 is 0 Å². The van der Waals surface area contributed by atoms with E-state index in [1.54, 1.807) is 17.5 Å². The van der Waals surface area contributed by atoms with Crippen LogP contribution in [0.1, 0.15) is 9.67 Å². The largest absolute Gasteiger partial charge is 0.878 e. The van der Waals surface area contributed by atoms with E-state index in [2.05, 4.69) is 0 Å². The molecule has 52 valence electrons. The summed E-state index contributed by atoms with van der Waals surface area (Å²) in [7, 11) is 0. The molecule has 10 heavy (non-hydrogen) atoms. The zero-order valence-corrected chi connectivity index (χ0v) is 5.93. The zero-order valence-electron chi connectivity index (χ0n) is 5.11. The maximum Gasteiger partial charge on any atom is 0.194 e. The van der Waals surface area contributed by atoms with Crippen molar-refractivity contribution in [2.75, 3.05) is 0 Å². The summed E-state index contributed by atoms with van der Waals surface area (Å²) < 4.78 is 0. The molecule has 1 rings (SSSR count). The number of allylic oxidation sites excluding steroid dienone is 1. The molecule has 0 aromatic carbocycles. The molecule has 0 saturated carbocycles. The van der Waals surface area contributed by atoms with Crippen LogP contribution in [-0.4, -0.2) is 5.78 Å². The minimum atomic E-state index is -0.218. The van der Waals surface area contributed by atoms with E-state index in [0.29, 0.717) is 11.1 Å². The topological polar surface area (TPSA) is 40.1 Å². The highest BCUT2D eigenvalue weighted by molar-refractivity contribution is 7.12. The molecule has 0 radical (unpaired) electrons. The summed E-state index contributed by atoms with van der Waals surface area (Å²) in [5.74, 6) is -0.218. The van der Waals surface area contributed by atoms with Gasteiger partial charge < -0.3 is 5.11 Å². The second-order valence-electron chi connectivity index (χ2n) is 1.64. The molecule has 0 aliphatic rings. The fourth-order valence-electron chi connectivity index (χ4n) is 0.563. The van der Waals surface area contributed by atoms with E-state index in [9.17, 15) is 9.90 Å². The Balaban J connectivity index is 2.78. The molecule has 0 bridgehead atoms. The van der Waals surface area contributed by atoms with Crippen LogP contribution in [0.5, 0.6) is 0 Å². The summed E-state index contributed by atoms with van der Waals surface area (Å²) in [6.07, 6.45) is 1.52. The van der Waals surface area contributed by atoms with Gasteiger partial charge in [0, 0.05) is 0 Å². The lowest BCUT2D eigenvalue weighted by atomic mass is 10.3. The van der Waals surface area contributed by atoms with Crippen LogP contribution in [0.2, 0.25) is 0 Å². The van der Waals surface area contributed by atoms with Gasteiger partial charge >= 0.3 is 0 Å².